The fraction of sp³-hybridized carbons (Fsp3) is 0.300. The van der Waals surface area contributed by atoms with Gasteiger partial charge in [0, 0.05) is 5.54 Å². The van der Waals surface area contributed by atoms with Crippen molar-refractivity contribution in [3.8, 4) is 0 Å². The minimum atomic E-state index is -3.97. The van der Waals surface area contributed by atoms with Gasteiger partial charge in [-0.2, -0.15) is 4.31 Å². The van der Waals surface area contributed by atoms with Gasteiger partial charge in [0.15, 0.2) is 0 Å². The van der Waals surface area contributed by atoms with Crippen molar-refractivity contribution in [3.63, 3.8) is 0 Å². The van der Waals surface area contributed by atoms with Gasteiger partial charge in [0.2, 0.25) is 15.9 Å². The molecule has 1 saturated heterocycles. The maximum Gasteiger partial charge on any atom is 0.252 e. The molecule has 1 fully saturated rings. The van der Waals surface area contributed by atoms with E-state index in [4.69, 9.17) is 0 Å². The van der Waals surface area contributed by atoms with E-state index in [1.54, 1.807) is 69.3 Å². The summed E-state index contributed by atoms with van der Waals surface area (Å²) in [7, 11) is -3.97. The van der Waals surface area contributed by atoms with Crippen LogP contribution in [-0.4, -0.2) is 36.1 Å². The van der Waals surface area contributed by atoms with E-state index in [1.807, 2.05) is 0 Å². The fourth-order valence-corrected chi connectivity index (χ4v) is 5.30. The van der Waals surface area contributed by atoms with Gasteiger partial charge in [0.25, 0.3) is 5.91 Å². The van der Waals surface area contributed by atoms with E-state index >= 15 is 0 Å². The summed E-state index contributed by atoms with van der Waals surface area (Å²) in [5.74, 6) is -0.936. The number of carbonyl (C=O) groups excluding carboxylic acids is 2. The van der Waals surface area contributed by atoms with Crippen LogP contribution in [0.15, 0.2) is 65.6 Å². The summed E-state index contributed by atoms with van der Waals surface area (Å²) in [5, 5.41) is 0. The largest absolute Gasteiger partial charge is 0.274 e. The number of rotatable bonds is 4. The van der Waals surface area contributed by atoms with Crippen LogP contribution in [0, 0.1) is 0 Å². The van der Waals surface area contributed by atoms with Crippen LogP contribution >= 0.6 is 0 Å². The molecule has 2 aromatic rings. The predicted octanol–water partition coefficient (Wildman–Crippen LogP) is 2.81. The third kappa shape index (κ3) is 3.52. The molecule has 0 saturated carbocycles. The Kier molecular flexibility index (Phi) is 4.92. The van der Waals surface area contributed by atoms with Crippen molar-refractivity contribution in [2.45, 2.75) is 43.7 Å². The summed E-state index contributed by atoms with van der Waals surface area (Å²) in [5.41, 5.74) is -0.442. The molecule has 0 aromatic heterocycles. The summed E-state index contributed by atoms with van der Waals surface area (Å²) in [6, 6.07) is 15.4. The molecule has 1 atom stereocenters. The van der Waals surface area contributed by atoms with Crippen LogP contribution < -0.4 is 4.90 Å². The number of sulfonamides is 1. The van der Waals surface area contributed by atoms with Gasteiger partial charge in [-0.1, -0.05) is 36.4 Å². The zero-order chi connectivity index (χ0) is 19.8. The van der Waals surface area contributed by atoms with Gasteiger partial charge in [0.1, 0.15) is 6.04 Å². The molecule has 142 valence electrons. The smallest absolute Gasteiger partial charge is 0.252 e. The van der Waals surface area contributed by atoms with Gasteiger partial charge in [-0.3, -0.25) is 9.59 Å². The monoisotopic (exact) mass is 386 g/mol. The SMILES string of the molecule is CC(C)(C)N(C1CC(=O)N(c2ccccc2)C1=O)S(=O)(=O)c1ccccc1. The Balaban J connectivity index is 2.05. The molecule has 0 radical (unpaired) electrons. The predicted molar refractivity (Wildman–Crippen MR) is 103 cm³/mol. The van der Waals surface area contributed by atoms with Crippen LogP contribution in [-0.2, 0) is 19.6 Å². The molecule has 3 rings (SSSR count). The Morgan fingerprint density at radius 3 is 1.96 bits per heavy atom. The molecule has 1 unspecified atom stereocenters. The van der Waals surface area contributed by atoms with Crippen LogP contribution in [0.2, 0.25) is 0 Å². The van der Waals surface area contributed by atoms with Gasteiger partial charge in [-0.15, -0.1) is 0 Å². The van der Waals surface area contributed by atoms with E-state index in [0.717, 1.165) is 4.90 Å². The van der Waals surface area contributed by atoms with Gasteiger partial charge in [0.05, 0.1) is 17.0 Å². The first-order valence-corrected chi connectivity index (χ1v) is 10.1. The van der Waals surface area contributed by atoms with E-state index in [-0.39, 0.29) is 11.3 Å². The molecule has 0 spiro atoms. The summed E-state index contributed by atoms with van der Waals surface area (Å²) in [4.78, 5) is 26.8. The standard InChI is InChI=1S/C20H22N2O4S/c1-20(2,3)22(27(25,26)16-12-8-5-9-13-16)17-14-18(23)21(19(17)24)15-10-6-4-7-11-15/h4-13,17H,14H2,1-3H3. The first-order valence-electron chi connectivity index (χ1n) is 8.65. The van der Waals surface area contributed by atoms with Crippen LogP contribution in [0.3, 0.4) is 0 Å². The van der Waals surface area contributed by atoms with Crippen LogP contribution in [0.5, 0.6) is 0 Å². The highest BCUT2D eigenvalue weighted by Gasteiger charge is 2.50. The fourth-order valence-electron chi connectivity index (χ4n) is 3.35. The molecule has 6 nitrogen and oxygen atoms in total. The number of imide groups is 1. The minimum Gasteiger partial charge on any atom is -0.274 e. The van der Waals surface area contributed by atoms with E-state index in [2.05, 4.69) is 0 Å². The highest BCUT2D eigenvalue weighted by molar-refractivity contribution is 7.89. The molecule has 0 bridgehead atoms. The van der Waals surface area contributed by atoms with E-state index in [0.29, 0.717) is 5.69 Å². The van der Waals surface area contributed by atoms with Crippen molar-refractivity contribution in [2.24, 2.45) is 0 Å². The summed E-state index contributed by atoms with van der Waals surface area (Å²) in [6.45, 7) is 5.16. The van der Waals surface area contributed by atoms with Gasteiger partial charge >= 0.3 is 0 Å². The van der Waals surface area contributed by atoms with Crippen LogP contribution in [0.1, 0.15) is 27.2 Å². The average molecular weight is 386 g/mol. The van der Waals surface area contributed by atoms with E-state index in [1.165, 1.54) is 16.4 Å². The van der Waals surface area contributed by atoms with Crippen molar-refractivity contribution in [1.82, 2.24) is 4.31 Å². The Morgan fingerprint density at radius 2 is 1.44 bits per heavy atom. The lowest BCUT2D eigenvalue weighted by Crippen LogP contribution is -2.54. The Morgan fingerprint density at radius 1 is 0.926 bits per heavy atom. The molecular formula is C20H22N2O4S. The third-order valence-electron chi connectivity index (χ3n) is 4.38. The topological polar surface area (TPSA) is 74.8 Å². The number of para-hydroxylation sites is 1. The van der Waals surface area contributed by atoms with E-state index < -0.39 is 33.4 Å². The van der Waals surface area contributed by atoms with Crippen molar-refractivity contribution >= 4 is 27.5 Å². The van der Waals surface area contributed by atoms with Crippen molar-refractivity contribution < 1.29 is 18.0 Å². The Hall–Kier alpha value is -2.51. The second-order valence-corrected chi connectivity index (χ2v) is 9.22. The Bertz CT molecular complexity index is 950. The number of anilines is 1. The number of hydrogen-bond donors (Lipinski definition) is 0. The molecule has 7 heteroatoms. The molecule has 2 aromatic carbocycles. The minimum absolute atomic E-state index is 0.0957. The highest BCUT2D eigenvalue weighted by Crippen LogP contribution is 2.34. The molecule has 1 aliphatic heterocycles. The lowest BCUT2D eigenvalue weighted by Gasteiger charge is -2.37. The molecular weight excluding hydrogens is 364 g/mol. The van der Waals surface area contributed by atoms with E-state index in [9.17, 15) is 18.0 Å². The normalized spacial score (nSPS) is 18.4. The molecule has 27 heavy (non-hydrogen) atoms. The average Bonchev–Trinajstić information content (AvgIpc) is 2.89. The number of nitrogens with zero attached hydrogens (tertiary/aromatic N) is 2. The quantitative estimate of drug-likeness (QED) is 0.758. The number of carbonyl (C=O) groups is 2. The highest BCUT2D eigenvalue weighted by atomic mass is 32.2. The van der Waals surface area contributed by atoms with Crippen molar-refractivity contribution in [1.29, 1.82) is 0 Å². The molecule has 2 amide bonds. The lowest BCUT2D eigenvalue weighted by molar-refractivity contribution is -0.122. The molecule has 1 heterocycles. The third-order valence-corrected chi connectivity index (χ3v) is 6.57. The van der Waals surface area contributed by atoms with Crippen molar-refractivity contribution in [2.75, 3.05) is 4.90 Å². The zero-order valence-electron chi connectivity index (χ0n) is 15.5. The van der Waals surface area contributed by atoms with Crippen LogP contribution in [0.4, 0.5) is 5.69 Å². The molecule has 1 aliphatic rings. The lowest BCUT2D eigenvalue weighted by atomic mass is 10.1. The van der Waals surface area contributed by atoms with Crippen molar-refractivity contribution in [3.05, 3.63) is 60.7 Å². The zero-order valence-corrected chi connectivity index (χ0v) is 16.3. The first-order chi connectivity index (χ1) is 12.6. The number of amides is 2. The second kappa shape index (κ2) is 6.90. The maximum absolute atomic E-state index is 13.3. The van der Waals surface area contributed by atoms with Gasteiger partial charge in [-0.05, 0) is 45.0 Å². The number of benzene rings is 2. The summed E-state index contributed by atoms with van der Waals surface area (Å²) in [6.07, 6.45) is -0.183. The Labute approximate surface area is 159 Å². The first kappa shape index (κ1) is 19.3. The number of hydrogen-bond acceptors (Lipinski definition) is 4. The molecule has 0 aliphatic carbocycles. The van der Waals surface area contributed by atoms with Gasteiger partial charge in [-0.25, -0.2) is 13.3 Å². The van der Waals surface area contributed by atoms with Gasteiger partial charge < -0.3 is 0 Å². The van der Waals surface area contributed by atoms with Crippen LogP contribution in [0.25, 0.3) is 0 Å². The molecule has 0 N–H and O–H groups in total. The maximum atomic E-state index is 13.3. The second-order valence-electron chi connectivity index (χ2n) is 7.41. The summed E-state index contributed by atoms with van der Waals surface area (Å²) >= 11 is 0. The summed E-state index contributed by atoms with van der Waals surface area (Å²) < 4.78 is 27.8.